The van der Waals surface area contributed by atoms with Gasteiger partial charge in [0.1, 0.15) is 5.82 Å². The molecule has 0 spiro atoms. The summed E-state index contributed by atoms with van der Waals surface area (Å²) >= 11 is 0. The first-order valence-corrected chi connectivity index (χ1v) is 7.84. The normalized spacial score (nSPS) is 13.4. The summed E-state index contributed by atoms with van der Waals surface area (Å²) in [4.78, 5) is 0.0198. The van der Waals surface area contributed by atoms with Crippen LogP contribution in [0.4, 0.5) is 4.39 Å². The molecule has 20 heavy (non-hydrogen) atoms. The number of ether oxygens (including phenoxy) is 1. The number of hydrogen-bond donors (Lipinski definition) is 2. The van der Waals surface area contributed by atoms with Crippen molar-refractivity contribution >= 4 is 10.0 Å². The number of methoxy groups -OCH3 is 1. The van der Waals surface area contributed by atoms with Gasteiger partial charge in [0.2, 0.25) is 10.0 Å². The molecule has 1 unspecified atom stereocenters. The van der Waals surface area contributed by atoms with Crippen molar-refractivity contribution in [3.05, 3.63) is 29.1 Å². The zero-order valence-corrected chi connectivity index (χ0v) is 12.8. The van der Waals surface area contributed by atoms with Crippen LogP contribution in [0.3, 0.4) is 0 Å². The first-order valence-electron chi connectivity index (χ1n) is 6.36. The molecule has 1 atom stereocenters. The lowest BCUT2D eigenvalue weighted by Gasteiger charge is -2.17. The van der Waals surface area contributed by atoms with E-state index in [1.54, 1.807) is 0 Å². The van der Waals surface area contributed by atoms with Crippen LogP contribution in [0.1, 0.15) is 24.5 Å². The quantitative estimate of drug-likeness (QED) is 0.795. The maximum Gasteiger partial charge on any atom is 0.240 e. The summed E-state index contributed by atoms with van der Waals surface area (Å²) in [5, 5.41) is 0. The average Bonchev–Trinajstić information content (AvgIpc) is 2.40. The van der Waals surface area contributed by atoms with E-state index in [0.717, 1.165) is 0 Å². The lowest BCUT2D eigenvalue weighted by molar-refractivity contribution is 0.173. The SMILES string of the molecule is CCC(COC)NS(=O)(=O)c1cc(C)c(F)c(CN)c1. The Morgan fingerprint density at radius 3 is 2.60 bits per heavy atom. The van der Waals surface area contributed by atoms with E-state index in [1.165, 1.54) is 26.2 Å². The molecule has 0 aromatic heterocycles. The van der Waals surface area contributed by atoms with Gasteiger partial charge in [-0.3, -0.25) is 0 Å². The molecule has 0 aliphatic rings. The molecule has 1 aromatic carbocycles. The van der Waals surface area contributed by atoms with Crippen LogP contribution in [0.25, 0.3) is 0 Å². The number of hydrogen-bond acceptors (Lipinski definition) is 4. The van der Waals surface area contributed by atoms with Gasteiger partial charge in [-0.1, -0.05) is 6.92 Å². The van der Waals surface area contributed by atoms with E-state index in [0.29, 0.717) is 6.42 Å². The van der Waals surface area contributed by atoms with Gasteiger partial charge in [0.05, 0.1) is 11.5 Å². The van der Waals surface area contributed by atoms with Crippen LogP contribution in [0.15, 0.2) is 17.0 Å². The Hall–Kier alpha value is -1.02. The molecule has 7 heteroatoms. The molecule has 1 aromatic rings. The van der Waals surface area contributed by atoms with Crippen molar-refractivity contribution in [1.82, 2.24) is 4.72 Å². The lowest BCUT2D eigenvalue weighted by Crippen LogP contribution is -2.37. The van der Waals surface area contributed by atoms with Gasteiger partial charge in [-0.15, -0.1) is 0 Å². The zero-order valence-electron chi connectivity index (χ0n) is 11.9. The summed E-state index contributed by atoms with van der Waals surface area (Å²) in [7, 11) is -2.21. The predicted octanol–water partition coefficient (Wildman–Crippen LogP) is 1.30. The highest BCUT2D eigenvalue weighted by molar-refractivity contribution is 7.89. The Kier molecular flexibility index (Phi) is 6.07. The van der Waals surface area contributed by atoms with E-state index in [9.17, 15) is 12.8 Å². The van der Waals surface area contributed by atoms with Gasteiger partial charge in [-0.25, -0.2) is 17.5 Å². The smallest absolute Gasteiger partial charge is 0.240 e. The molecular formula is C13H21FN2O3S. The molecule has 0 aliphatic heterocycles. The van der Waals surface area contributed by atoms with E-state index in [1.807, 2.05) is 6.92 Å². The van der Waals surface area contributed by atoms with Crippen molar-refractivity contribution in [2.75, 3.05) is 13.7 Å². The predicted molar refractivity (Wildman–Crippen MR) is 75.3 cm³/mol. The molecule has 5 nitrogen and oxygen atoms in total. The Morgan fingerprint density at radius 1 is 1.45 bits per heavy atom. The average molecular weight is 304 g/mol. The van der Waals surface area contributed by atoms with E-state index in [4.69, 9.17) is 10.5 Å². The Bertz CT molecular complexity index is 561. The number of halogens is 1. The minimum atomic E-state index is -3.72. The monoisotopic (exact) mass is 304 g/mol. The van der Waals surface area contributed by atoms with Crippen LogP contribution >= 0.6 is 0 Å². The van der Waals surface area contributed by atoms with E-state index < -0.39 is 15.8 Å². The second-order valence-electron chi connectivity index (χ2n) is 4.60. The second kappa shape index (κ2) is 7.12. The zero-order chi connectivity index (χ0) is 15.3. The third-order valence-corrected chi connectivity index (χ3v) is 4.52. The van der Waals surface area contributed by atoms with Crippen LogP contribution in [0.2, 0.25) is 0 Å². The standard InChI is InChI=1S/C13H21FN2O3S/c1-4-11(8-19-3)16-20(17,18)12-5-9(2)13(14)10(6-12)7-15/h5-6,11,16H,4,7-8,15H2,1-3H3. The molecule has 3 N–H and O–H groups in total. The van der Waals surface area contributed by atoms with Gasteiger partial charge in [-0.2, -0.15) is 0 Å². The van der Waals surface area contributed by atoms with Crippen LogP contribution in [0.5, 0.6) is 0 Å². The molecule has 0 bridgehead atoms. The largest absolute Gasteiger partial charge is 0.383 e. The molecule has 0 saturated carbocycles. The highest BCUT2D eigenvalue weighted by atomic mass is 32.2. The fraction of sp³-hybridized carbons (Fsp3) is 0.538. The molecule has 0 fully saturated rings. The fourth-order valence-corrected chi connectivity index (χ4v) is 3.27. The second-order valence-corrected chi connectivity index (χ2v) is 6.31. The highest BCUT2D eigenvalue weighted by Gasteiger charge is 2.21. The van der Waals surface area contributed by atoms with Crippen molar-refractivity contribution in [3.8, 4) is 0 Å². The Balaban J connectivity index is 3.12. The number of sulfonamides is 1. The van der Waals surface area contributed by atoms with Crippen molar-refractivity contribution in [2.24, 2.45) is 5.73 Å². The number of nitrogens with two attached hydrogens (primary N) is 1. The van der Waals surface area contributed by atoms with E-state index in [-0.39, 0.29) is 35.2 Å². The number of rotatable bonds is 7. The lowest BCUT2D eigenvalue weighted by atomic mass is 10.1. The van der Waals surface area contributed by atoms with E-state index in [2.05, 4.69) is 4.72 Å². The summed E-state index contributed by atoms with van der Waals surface area (Å²) in [6.07, 6.45) is 0.594. The minimum Gasteiger partial charge on any atom is -0.383 e. The van der Waals surface area contributed by atoms with Gasteiger partial charge in [0.15, 0.2) is 0 Å². The summed E-state index contributed by atoms with van der Waals surface area (Å²) < 4.78 is 45.8. The molecule has 0 heterocycles. The van der Waals surface area contributed by atoms with Gasteiger partial charge in [0, 0.05) is 25.3 Å². The third kappa shape index (κ3) is 3.99. The molecule has 1 rings (SSSR count). The van der Waals surface area contributed by atoms with Gasteiger partial charge >= 0.3 is 0 Å². The van der Waals surface area contributed by atoms with Crippen molar-refractivity contribution < 1.29 is 17.5 Å². The van der Waals surface area contributed by atoms with Gasteiger partial charge < -0.3 is 10.5 Å². The van der Waals surface area contributed by atoms with Crippen LogP contribution in [0, 0.1) is 12.7 Å². The maximum atomic E-state index is 13.7. The molecule has 0 saturated heterocycles. The molecule has 114 valence electrons. The van der Waals surface area contributed by atoms with Crippen LogP contribution < -0.4 is 10.5 Å². The Labute approximate surface area is 119 Å². The van der Waals surface area contributed by atoms with Crippen molar-refractivity contribution in [1.29, 1.82) is 0 Å². The van der Waals surface area contributed by atoms with Crippen LogP contribution in [-0.4, -0.2) is 28.2 Å². The third-order valence-electron chi connectivity index (χ3n) is 3.02. The molecule has 0 radical (unpaired) electrons. The number of benzene rings is 1. The van der Waals surface area contributed by atoms with Gasteiger partial charge in [0.25, 0.3) is 0 Å². The first kappa shape index (κ1) is 17.0. The minimum absolute atomic E-state index is 0.0198. The summed E-state index contributed by atoms with van der Waals surface area (Å²) in [6.45, 7) is 3.60. The highest BCUT2D eigenvalue weighted by Crippen LogP contribution is 2.19. The van der Waals surface area contributed by atoms with Crippen molar-refractivity contribution in [3.63, 3.8) is 0 Å². The van der Waals surface area contributed by atoms with Gasteiger partial charge in [-0.05, 0) is 31.0 Å². The molecule has 0 amide bonds. The Morgan fingerprint density at radius 2 is 2.10 bits per heavy atom. The maximum absolute atomic E-state index is 13.7. The topological polar surface area (TPSA) is 81.4 Å². The fourth-order valence-electron chi connectivity index (χ4n) is 1.83. The summed E-state index contributed by atoms with van der Waals surface area (Å²) in [5.74, 6) is -0.463. The summed E-state index contributed by atoms with van der Waals surface area (Å²) in [6, 6.07) is 2.25. The number of nitrogens with one attached hydrogen (secondary N) is 1. The van der Waals surface area contributed by atoms with Crippen LogP contribution in [-0.2, 0) is 21.3 Å². The van der Waals surface area contributed by atoms with E-state index >= 15 is 0 Å². The molecule has 0 aliphatic carbocycles. The number of aryl methyl sites for hydroxylation is 1. The van der Waals surface area contributed by atoms with Crippen molar-refractivity contribution in [2.45, 2.75) is 37.8 Å². The molecular weight excluding hydrogens is 283 g/mol. The first-order chi connectivity index (χ1) is 9.35. The summed E-state index contributed by atoms with van der Waals surface area (Å²) in [5.41, 5.74) is 5.87.